The first-order chi connectivity index (χ1) is 12.3. The summed E-state index contributed by atoms with van der Waals surface area (Å²) < 4.78 is 10.5. The summed E-state index contributed by atoms with van der Waals surface area (Å²) in [6, 6.07) is 23.9. The minimum Gasteiger partial charge on any atom is -0.461 e. The minimum absolute atomic E-state index is 0.208. The average molecular weight is 330 g/mol. The fourth-order valence-electron chi connectivity index (χ4n) is 2.56. The van der Waals surface area contributed by atoms with Gasteiger partial charge in [0.2, 0.25) is 5.76 Å². The largest absolute Gasteiger partial charge is 0.461 e. The molecule has 0 atom stereocenters. The number of para-hydroxylation sites is 2. The Morgan fingerprint density at radius 3 is 2.00 bits per heavy atom. The standard InChI is InChI=1S/C20H14N2O3/c23-20(17-14-19(25-21-17)18-12-7-13-24-18)22(15-8-3-1-4-9-15)16-10-5-2-6-11-16/h1-14H. The Bertz CT molecular complexity index is 921. The van der Waals surface area contributed by atoms with Crippen molar-refractivity contribution in [1.29, 1.82) is 0 Å². The molecule has 4 aromatic rings. The summed E-state index contributed by atoms with van der Waals surface area (Å²) >= 11 is 0. The molecule has 0 spiro atoms. The fraction of sp³-hybridized carbons (Fsp3) is 0. The van der Waals surface area contributed by atoms with Gasteiger partial charge in [0.15, 0.2) is 11.5 Å². The third kappa shape index (κ3) is 2.95. The first-order valence-electron chi connectivity index (χ1n) is 7.78. The van der Waals surface area contributed by atoms with E-state index in [1.165, 1.54) is 0 Å². The SMILES string of the molecule is O=C(c1cc(-c2ccco2)on1)N(c1ccccc1)c1ccccc1. The summed E-state index contributed by atoms with van der Waals surface area (Å²) in [7, 11) is 0. The Kier molecular flexibility index (Phi) is 3.88. The van der Waals surface area contributed by atoms with Gasteiger partial charge < -0.3 is 8.94 Å². The summed E-state index contributed by atoms with van der Waals surface area (Å²) in [6.45, 7) is 0. The molecule has 5 nitrogen and oxygen atoms in total. The van der Waals surface area contributed by atoms with Gasteiger partial charge in [-0.25, -0.2) is 0 Å². The van der Waals surface area contributed by atoms with Crippen LogP contribution in [0.2, 0.25) is 0 Å². The first-order valence-corrected chi connectivity index (χ1v) is 7.78. The van der Waals surface area contributed by atoms with Gasteiger partial charge in [-0.1, -0.05) is 41.6 Å². The second kappa shape index (κ2) is 6.49. The zero-order chi connectivity index (χ0) is 17.1. The molecular weight excluding hydrogens is 316 g/mol. The van der Waals surface area contributed by atoms with E-state index in [1.807, 2.05) is 60.7 Å². The molecule has 5 heteroatoms. The molecule has 0 bridgehead atoms. The lowest BCUT2D eigenvalue weighted by Crippen LogP contribution is -2.26. The van der Waals surface area contributed by atoms with Crippen LogP contribution in [0.1, 0.15) is 10.5 Å². The van der Waals surface area contributed by atoms with Crippen LogP contribution >= 0.6 is 0 Å². The van der Waals surface area contributed by atoms with Crippen LogP contribution in [0, 0.1) is 0 Å². The number of rotatable bonds is 4. The van der Waals surface area contributed by atoms with E-state index in [4.69, 9.17) is 8.94 Å². The number of aromatic nitrogens is 1. The molecular formula is C20H14N2O3. The Morgan fingerprint density at radius 2 is 1.44 bits per heavy atom. The van der Waals surface area contributed by atoms with Crippen LogP contribution in [-0.4, -0.2) is 11.1 Å². The highest BCUT2D eigenvalue weighted by molar-refractivity contribution is 6.10. The number of hydrogen-bond acceptors (Lipinski definition) is 4. The zero-order valence-electron chi connectivity index (χ0n) is 13.2. The Morgan fingerprint density at radius 1 is 0.800 bits per heavy atom. The van der Waals surface area contributed by atoms with Crippen LogP contribution in [0.25, 0.3) is 11.5 Å². The molecule has 0 saturated heterocycles. The van der Waals surface area contributed by atoms with Gasteiger partial charge in [-0.3, -0.25) is 9.69 Å². The van der Waals surface area contributed by atoms with Gasteiger partial charge in [0.1, 0.15) is 0 Å². The highest BCUT2D eigenvalue weighted by atomic mass is 16.5. The van der Waals surface area contributed by atoms with Crippen molar-refractivity contribution in [2.24, 2.45) is 0 Å². The molecule has 1 amide bonds. The Labute approximate surface area is 144 Å². The second-order valence-electron chi connectivity index (χ2n) is 5.37. The number of carbonyl (C=O) groups excluding carboxylic acids is 1. The van der Waals surface area contributed by atoms with Gasteiger partial charge in [-0.05, 0) is 36.4 Å². The van der Waals surface area contributed by atoms with Crippen molar-refractivity contribution in [3.8, 4) is 11.5 Å². The van der Waals surface area contributed by atoms with Crippen molar-refractivity contribution in [3.05, 3.63) is 90.8 Å². The smallest absolute Gasteiger partial charge is 0.285 e. The van der Waals surface area contributed by atoms with Gasteiger partial charge in [0.25, 0.3) is 5.91 Å². The van der Waals surface area contributed by atoms with Gasteiger partial charge in [0, 0.05) is 17.4 Å². The predicted molar refractivity (Wildman–Crippen MR) is 93.6 cm³/mol. The maximum absolute atomic E-state index is 13.1. The van der Waals surface area contributed by atoms with E-state index in [-0.39, 0.29) is 11.6 Å². The molecule has 0 N–H and O–H groups in total. The number of benzene rings is 2. The fourth-order valence-corrected chi connectivity index (χ4v) is 2.56. The molecule has 122 valence electrons. The van der Waals surface area contributed by atoms with Crippen molar-refractivity contribution < 1.29 is 13.7 Å². The molecule has 0 fully saturated rings. The number of anilines is 2. The molecule has 0 aliphatic heterocycles. The van der Waals surface area contributed by atoms with Crippen LogP contribution in [-0.2, 0) is 0 Å². The molecule has 2 aromatic heterocycles. The number of furan rings is 1. The predicted octanol–water partition coefficient (Wildman–Crippen LogP) is 4.91. The number of hydrogen-bond donors (Lipinski definition) is 0. The molecule has 2 aromatic carbocycles. The van der Waals surface area contributed by atoms with Crippen molar-refractivity contribution in [1.82, 2.24) is 5.16 Å². The monoisotopic (exact) mass is 330 g/mol. The Hall–Kier alpha value is -3.60. The van der Waals surface area contributed by atoms with E-state index in [2.05, 4.69) is 5.16 Å². The van der Waals surface area contributed by atoms with E-state index in [1.54, 1.807) is 29.4 Å². The molecule has 25 heavy (non-hydrogen) atoms. The van der Waals surface area contributed by atoms with Crippen molar-refractivity contribution in [2.75, 3.05) is 4.90 Å². The van der Waals surface area contributed by atoms with Crippen LogP contribution in [0.4, 0.5) is 11.4 Å². The molecule has 0 aliphatic rings. The quantitative estimate of drug-likeness (QED) is 0.533. The molecule has 0 radical (unpaired) electrons. The molecule has 4 rings (SSSR count). The van der Waals surface area contributed by atoms with Crippen LogP contribution in [0.5, 0.6) is 0 Å². The van der Waals surface area contributed by atoms with Crippen molar-refractivity contribution in [3.63, 3.8) is 0 Å². The molecule has 0 unspecified atom stereocenters. The highest BCUT2D eigenvalue weighted by Gasteiger charge is 2.23. The topological polar surface area (TPSA) is 59.5 Å². The third-order valence-electron chi connectivity index (χ3n) is 3.73. The van der Waals surface area contributed by atoms with E-state index in [0.717, 1.165) is 11.4 Å². The summed E-state index contributed by atoms with van der Waals surface area (Å²) in [4.78, 5) is 14.7. The molecule has 2 heterocycles. The second-order valence-corrected chi connectivity index (χ2v) is 5.37. The lowest BCUT2D eigenvalue weighted by molar-refractivity contribution is 0.0990. The summed E-state index contributed by atoms with van der Waals surface area (Å²) in [5.74, 6) is 0.658. The minimum atomic E-state index is -0.279. The van der Waals surface area contributed by atoms with E-state index in [0.29, 0.717) is 11.5 Å². The molecule has 0 saturated carbocycles. The maximum Gasteiger partial charge on any atom is 0.285 e. The van der Waals surface area contributed by atoms with Crippen LogP contribution < -0.4 is 4.90 Å². The summed E-state index contributed by atoms with van der Waals surface area (Å²) in [5, 5.41) is 3.92. The average Bonchev–Trinajstić information content (AvgIpc) is 3.35. The van der Waals surface area contributed by atoms with Crippen molar-refractivity contribution in [2.45, 2.75) is 0 Å². The Balaban J connectivity index is 1.74. The third-order valence-corrected chi connectivity index (χ3v) is 3.73. The van der Waals surface area contributed by atoms with Gasteiger partial charge in [-0.2, -0.15) is 0 Å². The van der Waals surface area contributed by atoms with Gasteiger partial charge in [-0.15, -0.1) is 0 Å². The van der Waals surface area contributed by atoms with E-state index >= 15 is 0 Å². The van der Waals surface area contributed by atoms with E-state index in [9.17, 15) is 4.79 Å². The number of nitrogens with zero attached hydrogens (tertiary/aromatic N) is 2. The zero-order valence-corrected chi connectivity index (χ0v) is 13.2. The van der Waals surface area contributed by atoms with E-state index < -0.39 is 0 Å². The lowest BCUT2D eigenvalue weighted by atomic mass is 10.2. The number of carbonyl (C=O) groups is 1. The number of amides is 1. The summed E-state index contributed by atoms with van der Waals surface area (Å²) in [5.41, 5.74) is 1.71. The van der Waals surface area contributed by atoms with Crippen LogP contribution in [0.3, 0.4) is 0 Å². The normalized spacial score (nSPS) is 10.6. The summed E-state index contributed by atoms with van der Waals surface area (Å²) in [6.07, 6.45) is 1.54. The van der Waals surface area contributed by atoms with Crippen molar-refractivity contribution >= 4 is 17.3 Å². The molecule has 0 aliphatic carbocycles. The van der Waals surface area contributed by atoms with Gasteiger partial charge >= 0.3 is 0 Å². The van der Waals surface area contributed by atoms with Gasteiger partial charge in [0.05, 0.1) is 6.26 Å². The maximum atomic E-state index is 13.1. The first kappa shape index (κ1) is 15.0. The van der Waals surface area contributed by atoms with Crippen LogP contribution in [0.15, 0.2) is 94.1 Å². The lowest BCUT2D eigenvalue weighted by Gasteiger charge is -2.21. The highest BCUT2D eigenvalue weighted by Crippen LogP contribution is 2.28.